The van der Waals surface area contributed by atoms with E-state index in [-0.39, 0.29) is 11.8 Å². The van der Waals surface area contributed by atoms with Crippen LogP contribution in [0.2, 0.25) is 0 Å². The molecule has 0 aliphatic heterocycles. The van der Waals surface area contributed by atoms with Crippen molar-refractivity contribution in [1.82, 2.24) is 19.4 Å². The number of carbonyl (C=O) groups excluding carboxylic acids is 2. The van der Waals surface area contributed by atoms with Crippen molar-refractivity contribution in [2.45, 2.75) is 6.92 Å². The Labute approximate surface area is 172 Å². The van der Waals surface area contributed by atoms with E-state index in [1.165, 1.54) is 13.1 Å². The van der Waals surface area contributed by atoms with E-state index in [1.54, 1.807) is 46.8 Å². The molecule has 0 aliphatic rings. The summed E-state index contributed by atoms with van der Waals surface area (Å²) in [5.74, 6) is 0.0561. The summed E-state index contributed by atoms with van der Waals surface area (Å²) in [6.07, 6.45) is 6.98. The monoisotopic (exact) mass is 404 g/mol. The number of hydrogen-bond donors (Lipinski definition) is 2. The molecule has 3 aromatic heterocycles. The van der Waals surface area contributed by atoms with Crippen molar-refractivity contribution in [3.05, 3.63) is 60.7 Å². The zero-order chi connectivity index (χ0) is 21.3. The molecule has 0 unspecified atom stereocenters. The van der Waals surface area contributed by atoms with Crippen molar-refractivity contribution < 1.29 is 14.3 Å². The fourth-order valence-electron chi connectivity index (χ4n) is 3.17. The second-order valence-electron chi connectivity index (χ2n) is 6.76. The maximum atomic E-state index is 12.9. The van der Waals surface area contributed by atoms with Crippen LogP contribution >= 0.6 is 0 Å². The second-order valence-corrected chi connectivity index (χ2v) is 6.76. The highest BCUT2D eigenvalue weighted by molar-refractivity contribution is 6.10. The van der Waals surface area contributed by atoms with Gasteiger partial charge in [-0.15, -0.1) is 0 Å². The van der Waals surface area contributed by atoms with Gasteiger partial charge in [-0.25, -0.2) is 4.52 Å². The average molecular weight is 404 g/mol. The summed E-state index contributed by atoms with van der Waals surface area (Å²) in [5.41, 5.74) is 3.99. The number of anilines is 2. The molecule has 0 atom stereocenters. The van der Waals surface area contributed by atoms with E-state index < -0.39 is 0 Å². The lowest BCUT2D eigenvalue weighted by atomic mass is 10.1. The number of rotatable bonds is 5. The number of nitrogens with zero attached hydrogens (tertiary/aromatic N) is 4. The van der Waals surface area contributed by atoms with E-state index in [2.05, 4.69) is 20.8 Å². The summed E-state index contributed by atoms with van der Waals surface area (Å²) in [6, 6.07) is 8.72. The van der Waals surface area contributed by atoms with Crippen molar-refractivity contribution in [3.63, 3.8) is 0 Å². The molecule has 0 radical (unpaired) electrons. The standard InChI is InChI=1S/C21H20N6O3/c1-13(28)24-16-4-6-17(7-5-16)25-21(29)18-10-23-27-12-14(8-19(30-3)20(18)27)15-9-22-26(2)11-15/h4-12H,1-3H3,(H,24,28)(H,25,29). The molecule has 2 N–H and O–H groups in total. The van der Waals surface area contributed by atoms with Gasteiger partial charge in [0.1, 0.15) is 11.3 Å². The van der Waals surface area contributed by atoms with Gasteiger partial charge in [0, 0.05) is 48.9 Å². The van der Waals surface area contributed by atoms with Gasteiger partial charge < -0.3 is 15.4 Å². The minimum Gasteiger partial charge on any atom is -0.494 e. The minimum atomic E-state index is -0.315. The number of carbonyl (C=O) groups is 2. The van der Waals surface area contributed by atoms with Gasteiger partial charge in [-0.3, -0.25) is 14.3 Å². The summed E-state index contributed by atoms with van der Waals surface area (Å²) >= 11 is 0. The zero-order valence-corrected chi connectivity index (χ0v) is 16.7. The van der Waals surface area contributed by atoms with Crippen LogP contribution in [0, 0.1) is 0 Å². The summed E-state index contributed by atoms with van der Waals surface area (Å²) < 4.78 is 8.87. The third kappa shape index (κ3) is 3.72. The Morgan fingerprint density at radius 2 is 1.67 bits per heavy atom. The number of nitrogens with one attached hydrogen (secondary N) is 2. The average Bonchev–Trinajstić information content (AvgIpc) is 3.34. The molecule has 1 aromatic carbocycles. The van der Waals surface area contributed by atoms with Gasteiger partial charge in [0.2, 0.25) is 5.91 Å². The molecule has 0 saturated carbocycles. The topological polar surface area (TPSA) is 103 Å². The first-order valence-electron chi connectivity index (χ1n) is 9.18. The molecule has 3 heterocycles. The predicted molar refractivity (Wildman–Crippen MR) is 113 cm³/mol. The molecule has 0 saturated heterocycles. The highest BCUT2D eigenvalue weighted by Crippen LogP contribution is 2.30. The Hall–Kier alpha value is -4.14. The van der Waals surface area contributed by atoms with Crippen molar-refractivity contribution in [2.75, 3.05) is 17.7 Å². The third-order valence-corrected chi connectivity index (χ3v) is 4.54. The van der Waals surface area contributed by atoms with Gasteiger partial charge in [0.05, 0.1) is 25.1 Å². The number of pyridine rings is 1. The molecule has 0 spiro atoms. The Kier molecular flexibility index (Phi) is 4.93. The fourth-order valence-corrected chi connectivity index (χ4v) is 3.17. The first kappa shape index (κ1) is 19.2. The largest absolute Gasteiger partial charge is 0.494 e. The fraction of sp³-hybridized carbons (Fsp3) is 0.143. The molecule has 9 nitrogen and oxygen atoms in total. The Morgan fingerprint density at radius 1 is 0.967 bits per heavy atom. The number of aromatic nitrogens is 4. The van der Waals surface area contributed by atoms with E-state index in [0.717, 1.165) is 11.1 Å². The lowest BCUT2D eigenvalue weighted by Gasteiger charge is -2.09. The molecule has 30 heavy (non-hydrogen) atoms. The lowest BCUT2D eigenvalue weighted by Crippen LogP contribution is -2.12. The van der Waals surface area contributed by atoms with Gasteiger partial charge in [-0.1, -0.05) is 0 Å². The van der Waals surface area contributed by atoms with Crippen LogP contribution in [-0.2, 0) is 11.8 Å². The molecule has 0 aliphatic carbocycles. The quantitative estimate of drug-likeness (QED) is 0.532. The van der Waals surface area contributed by atoms with Crippen LogP contribution in [0.3, 0.4) is 0 Å². The van der Waals surface area contributed by atoms with E-state index in [4.69, 9.17) is 4.74 Å². The third-order valence-electron chi connectivity index (χ3n) is 4.54. The number of amides is 2. The van der Waals surface area contributed by atoms with Crippen LogP contribution in [-0.4, -0.2) is 38.3 Å². The van der Waals surface area contributed by atoms with Crippen LogP contribution in [0.1, 0.15) is 17.3 Å². The Morgan fingerprint density at radius 3 is 2.27 bits per heavy atom. The van der Waals surface area contributed by atoms with Crippen molar-refractivity contribution in [2.24, 2.45) is 7.05 Å². The number of aryl methyl sites for hydroxylation is 1. The molecular formula is C21H20N6O3. The van der Waals surface area contributed by atoms with Crippen LogP contribution in [0.25, 0.3) is 16.6 Å². The molecule has 4 rings (SSSR count). The van der Waals surface area contributed by atoms with Crippen LogP contribution in [0.4, 0.5) is 11.4 Å². The predicted octanol–water partition coefficient (Wildman–Crippen LogP) is 2.95. The normalized spacial score (nSPS) is 10.8. The Balaban J connectivity index is 1.64. The summed E-state index contributed by atoms with van der Waals surface area (Å²) in [4.78, 5) is 24.0. The number of benzene rings is 1. The van der Waals surface area contributed by atoms with Crippen molar-refractivity contribution in [1.29, 1.82) is 0 Å². The van der Waals surface area contributed by atoms with Crippen LogP contribution in [0.5, 0.6) is 5.75 Å². The zero-order valence-electron chi connectivity index (χ0n) is 16.7. The number of fused-ring (bicyclic) bond motifs is 1. The first-order chi connectivity index (χ1) is 14.4. The van der Waals surface area contributed by atoms with Crippen molar-refractivity contribution >= 4 is 28.7 Å². The van der Waals surface area contributed by atoms with Crippen LogP contribution < -0.4 is 15.4 Å². The molecule has 0 bridgehead atoms. The van der Waals surface area contributed by atoms with E-state index in [0.29, 0.717) is 28.2 Å². The van der Waals surface area contributed by atoms with Gasteiger partial charge in [0.15, 0.2) is 0 Å². The maximum Gasteiger partial charge on any atom is 0.259 e. The van der Waals surface area contributed by atoms with E-state index in [1.807, 2.05) is 25.5 Å². The molecular weight excluding hydrogens is 384 g/mol. The summed E-state index contributed by atoms with van der Waals surface area (Å²) in [7, 11) is 3.40. The number of hydrogen-bond acceptors (Lipinski definition) is 5. The van der Waals surface area contributed by atoms with E-state index >= 15 is 0 Å². The van der Waals surface area contributed by atoms with Crippen molar-refractivity contribution in [3.8, 4) is 16.9 Å². The maximum absolute atomic E-state index is 12.9. The molecule has 0 fully saturated rings. The highest BCUT2D eigenvalue weighted by atomic mass is 16.5. The highest BCUT2D eigenvalue weighted by Gasteiger charge is 2.18. The molecule has 152 valence electrons. The number of methoxy groups -OCH3 is 1. The second kappa shape index (κ2) is 7.70. The van der Waals surface area contributed by atoms with E-state index in [9.17, 15) is 9.59 Å². The first-order valence-corrected chi connectivity index (χ1v) is 9.18. The Bertz CT molecular complexity index is 1240. The molecule has 4 aromatic rings. The van der Waals surface area contributed by atoms with Gasteiger partial charge in [0.25, 0.3) is 5.91 Å². The van der Waals surface area contributed by atoms with Gasteiger partial charge in [-0.2, -0.15) is 10.2 Å². The smallest absolute Gasteiger partial charge is 0.259 e. The minimum absolute atomic E-state index is 0.157. The SMILES string of the molecule is COc1cc(-c2cnn(C)c2)cn2ncc(C(=O)Nc3ccc(NC(C)=O)cc3)c12. The summed E-state index contributed by atoms with van der Waals surface area (Å²) in [6.45, 7) is 1.44. The van der Waals surface area contributed by atoms with Gasteiger partial charge in [-0.05, 0) is 30.3 Å². The molecule has 2 amide bonds. The van der Waals surface area contributed by atoms with Crippen LogP contribution in [0.15, 0.2) is 55.1 Å². The lowest BCUT2D eigenvalue weighted by molar-refractivity contribution is -0.114. The number of ether oxygens (including phenoxy) is 1. The van der Waals surface area contributed by atoms with Gasteiger partial charge >= 0.3 is 0 Å². The molecule has 9 heteroatoms. The summed E-state index contributed by atoms with van der Waals surface area (Å²) in [5, 5.41) is 14.0.